The third-order valence-electron chi connectivity index (χ3n) is 1.09. The van der Waals surface area contributed by atoms with Crippen LogP contribution in [0.2, 0.25) is 0 Å². The summed E-state index contributed by atoms with van der Waals surface area (Å²) in [6.07, 6.45) is 0. The van der Waals surface area contributed by atoms with E-state index in [-0.39, 0.29) is 35.3 Å². The van der Waals surface area contributed by atoms with Gasteiger partial charge in [0.05, 0.1) is 0 Å². The molecule has 3 nitrogen and oxygen atoms in total. The van der Waals surface area contributed by atoms with Crippen molar-refractivity contribution in [1.29, 1.82) is 0 Å². The van der Waals surface area contributed by atoms with Crippen LogP contribution >= 0.6 is 0 Å². The van der Waals surface area contributed by atoms with Gasteiger partial charge in [-0.05, 0) is 6.92 Å². The zero-order valence-corrected chi connectivity index (χ0v) is 10.1. The first-order valence-corrected chi connectivity index (χ1v) is 3.46. The molecule has 0 aromatic heterocycles. The molecule has 0 aliphatic heterocycles. The number of hydrogen-bond acceptors (Lipinski definition) is 2. The van der Waals surface area contributed by atoms with Crippen LogP contribution in [0.4, 0.5) is 0 Å². The molecule has 0 radical (unpaired) electrons. The fraction of sp³-hybridized carbons (Fsp3) is 0.222. The molecule has 0 aliphatic carbocycles. The van der Waals surface area contributed by atoms with E-state index in [1.807, 2.05) is 19.1 Å². The van der Waals surface area contributed by atoms with Gasteiger partial charge in [-0.2, -0.15) is 0 Å². The molecule has 0 atom stereocenters. The van der Waals surface area contributed by atoms with Gasteiger partial charge in [0.2, 0.25) is 0 Å². The molecule has 1 N–H and O–H groups in total. The molecule has 0 saturated carbocycles. The summed E-state index contributed by atoms with van der Waals surface area (Å²) in [6, 6.07) is 6.98. The zero-order chi connectivity index (χ0) is 9.56. The van der Waals surface area contributed by atoms with Crippen molar-refractivity contribution in [2.45, 2.75) is 13.8 Å². The molecule has 0 spiro atoms. The second kappa shape index (κ2) is 8.10. The largest absolute Gasteiger partial charge is 1.00 e. The second-order valence-corrected chi connectivity index (χ2v) is 2.28. The normalized spacial score (nSPS) is 7.54. The third kappa shape index (κ3) is 9.40. The standard InChI is InChI=1S/C7H8O.C2H4O2.Na/c1-6-4-2-3-5-7(6)8;1-2(3)4;/h2-5,8H,1H3;1H3,(H,3,4);/q;;+1/p-1. The van der Waals surface area contributed by atoms with Crippen LogP contribution in [0.5, 0.6) is 5.75 Å². The Morgan fingerprint density at radius 3 is 2.00 bits per heavy atom. The molecule has 0 amide bonds. The van der Waals surface area contributed by atoms with Gasteiger partial charge in [0.25, 0.3) is 5.97 Å². The number of para-hydroxylation sites is 1. The number of carboxylic acid groups (broad SMARTS) is 1. The van der Waals surface area contributed by atoms with Gasteiger partial charge in [-0.1, -0.05) is 29.8 Å². The fourth-order valence-electron chi connectivity index (χ4n) is 0.556. The predicted octanol–water partition coefficient (Wildman–Crippen LogP) is -1.84. The van der Waals surface area contributed by atoms with Gasteiger partial charge in [0, 0.05) is 6.92 Å². The number of aliphatic carboxylic acids is 1. The molecule has 1 aromatic carbocycles. The van der Waals surface area contributed by atoms with Crippen LogP contribution in [0.1, 0.15) is 12.5 Å². The van der Waals surface area contributed by atoms with Crippen LogP contribution in [-0.2, 0) is 4.79 Å². The Balaban J connectivity index is 0. The quantitative estimate of drug-likeness (QED) is 0.489. The van der Waals surface area contributed by atoms with Crippen LogP contribution in [-0.4, -0.2) is 11.1 Å². The van der Waals surface area contributed by atoms with Crippen molar-refractivity contribution in [2.24, 2.45) is 0 Å². The van der Waals surface area contributed by atoms with E-state index in [4.69, 9.17) is 9.90 Å². The SMILES string of the molecule is CC(=O)O.Cc1ccccc1[O-].[Na+]. The zero-order valence-electron chi connectivity index (χ0n) is 8.07. The smallest absolute Gasteiger partial charge is 0.872 e. The second-order valence-electron chi connectivity index (χ2n) is 2.28. The van der Waals surface area contributed by atoms with E-state index in [2.05, 4.69) is 0 Å². The Morgan fingerprint density at radius 1 is 1.38 bits per heavy atom. The van der Waals surface area contributed by atoms with E-state index in [1.165, 1.54) is 0 Å². The number of rotatable bonds is 0. The predicted molar refractivity (Wildman–Crippen MR) is 43.9 cm³/mol. The van der Waals surface area contributed by atoms with Crippen LogP contribution in [0.15, 0.2) is 24.3 Å². The summed E-state index contributed by atoms with van der Waals surface area (Å²) in [5.74, 6) is -0.715. The summed E-state index contributed by atoms with van der Waals surface area (Å²) in [6.45, 7) is 2.89. The first-order valence-electron chi connectivity index (χ1n) is 3.46. The topological polar surface area (TPSA) is 60.4 Å². The van der Waals surface area contributed by atoms with E-state index >= 15 is 0 Å². The van der Waals surface area contributed by atoms with E-state index in [0.717, 1.165) is 12.5 Å². The molecular formula is C9H11NaO3. The summed E-state index contributed by atoms with van der Waals surface area (Å²) < 4.78 is 0. The number of carboxylic acids is 1. The maximum absolute atomic E-state index is 10.6. The maximum Gasteiger partial charge on any atom is 1.00 e. The summed E-state index contributed by atoms with van der Waals surface area (Å²) in [5, 5.41) is 18.0. The van der Waals surface area contributed by atoms with E-state index in [1.54, 1.807) is 12.1 Å². The van der Waals surface area contributed by atoms with Crippen molar-refractivity contribution < 1.29 is 44.6 Å². The van der Waals surface area contributed by atoms with Gasteiger partial charge in [-0.3, -0.25) is 4.79 Å². The molecule has 0 unspecified atom stereocenters. The van der Waals surface area contributed by atoms with Gasteiger partial charge in [-0.25, -0.2) is 0 Å². The molecule has 66 valence electrons. The summed E-state index contributed by atoms with van der Waals surface area (Å²) in [4.78, 5) is 9.00. The van der Waals surface area contributed by atoms with E-state index in [0.29, 0.717) is 0 Å². The Bertz CT molecular complexity index is 236. The first kappa shape index (κ1) is 15.0. The van der Waals surface area contributed by atoms with Crippen molar-refractivity contribution in [1.82, 2.24) is 0 Å². The van der Waals surface area contributed by atoms with Crippen LogP contribution in [0.3, 0.4) is 0 Å². The van der Waals surface area contributed by atoms with Crippen molar-refractivity contribution in [3.8, 4) is 5.75 Å². The monoisotopic (exact) mass is 190 g/mol. The molecule has 1 rings (SSSR count). The Labute approximate surface area is 99.7 Å². The van der Waals surface area contributed by atoms with Gasteiger partial charge < -0.3 is 10.2 Å². The van der Waals surface area contributed by atoms with Crippen LogP contribution in [0.25, 0.3) is 0 Å². The Kier molecular flexibility index (Phi) is 9.34. The minimum Gasteiger partial charge on any atom is -0.872 e. The average Bonchev–Trinajstić information content (AvgIpc) is 1.94. The Hall–Kier alpha value is -0.510. The fourth-order valence-corrected chi connectivity index (χ4v) is 0.556. The van der Waals surface area contributed by atoms with Crippen molar-refractivity contribution >= 4 is 5.97 Å². The van der Waals surface area contributed by atoms with Gasteiger partial charge in [0.1, 0.15) is 0 Å². The minimum absolute atomic E-state index is 0. The third-order valence-corrected chi connectivity index (χ3v) is 1.09. The molecule has 0 fully saturated rings. The summed E-state index contributed by atoms with van der Waals surface area (Å²) in [5.41, 5.74) is 0.813. The molecular weight excluding hydrogens is 179 g/mol. The van der Waals surface area contributed by atoms with Crippen LogP contribution < -0.4 is 34.7 Å². The minimum atomic E-state index is -0.833. The molecule has 0 bridgehead atoms. The van der Waals surface area contributed by atoms with Gasteiger partial charge >= 0.3 is 29.6 Å². The van der Waals surface area contributed by atoms with Crippen molar-refractivity contribution in [3.63, 3.8) is 0 Å². The van der Waals surface area contributed by atoms with Gasteiger partial charge in [-0.15, -0.1) is 5.75 Å². The summed E-state index contributed by atoms with van der Waals surface area (Å²) >= 11 is 0. The van der Waals surface area contributed by atoms with Crippen molar-refractivity contribution in [3.05, 3.63) is 29.8 Å². The number of benzene rings is 1. The molecule has 1 aromatic rings. The number of aryl methyl sites for hydroxylation is 1. The first-order chi connectivity index (χ1) is 5.54. The number of carbonyl (C=O) groups is 1. The summed E-state index contributed by atoms with van der Waals surface area (Å²) in [7, 11) is 0. The Morgan fingerprint density at radius 2 is 1.77 bits per heavy atom. The molecule has 0 saturated heterocycles. The van der Waals surface area contributed by atoms with Gasteiger partial charge in [0.15, 0.2) is 0 Å². The van der Waals surface area contributed by atoms with E-state index < -0.39 is 5.97 Å². The van der Waals surface area contributed by atoms with Crippen molar-refractivity contribution in [2.75, 3.05) is 0 Å². The number of hydrogen-bond donors (Lipinski definition) is 1. The maximum atomic E-state index is 10.6. The van der Waals surface area contributed by atoms with E-state index in [9.17, 15) is 5.11 Å². The molecule has 4 heteroatoms. The molecule has 13 heavy (non-hydrogen) atoms. The van der Waals surface area contributed by atoms with Crippen LogP contribution in [0, 0.1) is 6.92 Å². The molecule has 0 aliphatic rings. The molecule has 0 heterocycles. The average molecular weight is 190 g/mol.